The summed E-state index contributed by atoms with van der Waals surface area (Å²) in [6, 6.07) is 15.7. The Morgan fingerprint density at radius 1 is 1.03 bits per heavy atom. The van der Waals surface area contributed by atoms with Crippen molar-refractivity contribution in [2.24, 2.45) is 0 Å². The number of hydrogen-bond acceptors (Lipinski definition) is 6. The van der Waals surface area contributed by atoms with E-state index in [1.165, 1.54) is 3.97 Å². The Morgan fingerprint density at radius 3 is 2.17 bits per heavy atom. The second-order valence-electron chi connectivity index (χ2n) is 5.70. The summed E-state index contributed by atoms with van der Waals surface area (Å²) < 4.78 is 27.2. The molecule has 0 spiro atoms. The maximum Gasteiger partial charge on any atom is 0.414 e. The number of carboxylic acid groups (broad SMARTS) is 2. The van der Waals surface area contributed by atoms with Crippen molar-refractivity contribution >= 4 is 22.0 Å². The van der Waals surface area contributed by atoms with E-state index in [0.29, 0.717) is 17.9 Å². The van der Waals surface area contributed by atoms with Crippen molar-refractivity contribution in [1.82, 2.24) is 14.3 Å². The van der Waals surface area contributed by atoms with Crippen LogP contribution >= 0.6 is 0 Å². The highest BCUT2D eigenvalue weighted by atomic mass is 32.2. The molecule has 0 aliphatic heterocycles. The minimum Gasteiger partial charge on any atom is -0.473 e. The summed E-state index contributed by atoms with van der Waals surface area (Å²) in [5, 5.41) is 17.8. The molecule has 0 atom stereocenters. The largest absolute Gasteiger partial charge is 0.473 e. The van der Waals surface area contributed by atoms with Crippen LogP contribution in [-0.4, -0.2) is 46.6 Å². The molecule has 2 heterocycles. The summed E-state index contributed by atoms with van der Waals surface area (Å²) in [6.07, 6.45) is 3.29. The highest BCUT2D eigenvalue weighted by molar-refractivity contribution is 7.90. The van der Waals surface area contributed by atoms with Gasteiger partial charge in [-0.15, -0.1) is 0 Å². The lowest BCUT2D eigenvalue weighted by Crippen LogP contribution is -2.13. The summed E-state index contributed by atoms with van der Waals surface area (Å²) in [7, 11) is -1.84. The molecule has 10 heteroatoms. The van der Waals surface area contributed by atoms with Crippen molar-refractivity contribution in [1.29, 1.82) is 0 Å². The van der Waals surface area contributed by atoms with E-state index >= 15 is 0 Å². The Kier molecular flexibility index (Phi) is 7.23. The fourth-order valence-electron chi connectivity index (χ4n) is 2.40. The SMILES string of the molecule is CNCc1cc(-c2ccccn2)n(S(=O)(=O)c2ccccc2)c1.O=C(O)C(=O)O. The Balaban J connectivity index is 0.000000438. The van der Waals surface area contributed by atoms with Crippen LogP contribution in [0.25, 0.3) is 11.4 Å². The third-order valence-corrected chi connectivity index (χ3v) is 5.32. The lowest BCUT2D eigenvalue weighted by atomic mass is 10.2. The molecule has 3 aromatic rings. The summed E-state index contributed by atoms with van der Waals surface area (Å²) >= 11 is 0. The first kappa shape index (κ1) is 21.8. The Morgan fingerprint density at radius 2 is 1.66 bits per heavy atom. The van der Waals surface area contributed by atoms with Crippen LogP contribution in [-0.2, 0) is 26.2 Å². The first-order valence-electron chi connectivity index (χ1n) is 8.31. The molecule has 2 aromatic heterocycles. The Bertz CT molecular complexity index is 1070. The molecular weight excluding hydrogens is 398 g/mol. The van der Waals surface area contributed by atoms with Crippen molar-refractivity contribution in [2.45, 2.75) is 11.4 Å². The molecule has 0 aliphatic carbocycles. The van der Waals surface area contributed by atoms with Gasteiger partial charge < -0.3 is 15.5 Å². The smallest absolute Gasteiger partial charge is 0.414 e. The zero-order chi connectivity index (χ0) is 21.4. The first-order chi connectivity index (χ1) is 13.8. The average molecular weight is 417 g/mol. The number of nitrogens with one attached hydrogen (secondary N) is 1. The molecule has 0 radical (unpaired) electrons. The van der Waals surface area contributed by atoms with E-state index in [1.807, 2.05) is 19.2 Å². The van der Waals surface area contributed by atoms with Gasteiger partial charge in [0.15, 0.2) is 0 Å². The van der Waals surface area contributed by atoms with E-state index in [0.717, 1.165) is 5.56 Å². The van der Waals surface area contributed by atoms with Crippen LogP contribution in [0.15, 0.2) is 71.9 Å². The van der Waals surface area contributed by atoms with Gasteiger partial charge in [-0.1, -0.05) is 24.3 Å². The standard InChI is InChI=1S/C17H17N3O2S.C2H2O4/c1-18-12-14-11-17(16-9-5-6-10-19-16)20(13-14)23(21,22)15-7-3-2-4-8-15;3-1(4)2(5)6/h2-11,13,18H,12H2,1H3;(H,3,4)(H,5,6). The van der Waals surface area contributed by atoms with Gasteiger partial charge in [0.25, 0.3) is 10.0 Å². The van der Waals surface area contributed by atoms with Gasteiger partial charge in [0.2, 0.25) is 0 Å². The predicted molar refractivity (Wildman–Crippen MR) is 105 cm³/mol. The number of rotatable bonds is 5. The maximum absolute atomic E-state index is 13.0. The van der Waals surface area contributed by atoms with Gasteiger partial charge >= 0.3 is 11.9 Å². The lowest BCUT2D eigenvalue weighted by Gasteiger charge is -2.10. The molecule has 9 nitrogen and oxygen atoms in total. The number of nitrogens with zero attached hydrogens (tertiary/aromatic N) is 2. The summed E-state index contributed by atoms with van der Waals surface area (Å²) in [6.45, 7) is 0.580. The number of carbonyl (C=O) groups is 2. The zero-order valence-electron chi connectivity index (χ0n) is 15.4. The topological polar surface area (TPSA) is 139 Å². The zero-order valence-corrected chi connectivity index (χ0v) is 16.2. The van der Waals surface area contributed by atoms with Gasteiger partial charge in [-0.25, -0.2) is 22.0 Å². The minimum atomic E-state index is -3.67. The second-order valence-corrected chi connectivity index (χ2v) is 7.52. The van der Waals surface area contributed by atoms with Gasteiger partial charge in [-0.2, -0.15) is 0 Å². The molecule has 29 heavy (non-hydrogen) atoms. The molecule has 0 saturated carbocycles. The monoisotopic (exact) mass is 417 g/mol. The van der Waals surface area contributed by atoms with E-state index in [-0.39, 0.29) is 4.90 Å². The highest BCUT2D eigenvalue weighted by Crippen LogP contribution is 2.25. The van der Waals surface area contributed by atoms with E-state index in [2.05, 4.69) is 10.3 Å². The van der Waals surface area contributed by atoms with Gasteiger partial charge in [0.1, 0.15) is 0 Å². The highest BCUT2D eigenvalue weighted by Gasteiger charge is 2.21. The number of benzene rings is 1. The predicted octanol–water partition coefficient (Wildman–Crippen LogP) is 1.66. The number of pyridine rings is 1. The fourth-order valence-corrected chi connectivity index (χ4v) is 3.81. The number of aromatic nitrogens is 2. The van der Waals surface area contributed by atoms with Crippen molar-refractivity contribution in [3.63, 3.8) is 0 Å². The first-order valence-corrected chi connectivity index (χ1v) is 9.75. The van der Waals surface area contributed by atoms with Crippen LogP contribution in [0.1, 0.15) is 5.56 Å². The molecule has 0 unspecified atom stereocenters. The van der Waals surface area contributed by atoms with Crippen LogP contribution in [0.2, 0.25) is 0 Å². The average Bonchev–Trinajstić information content (AvgIpc) is 3.15. The molecule has 3 rings (SSSR count). The van der Waals surface area contributed by atoms with Crippen molar-refractivity contribution < 1.29 is 28.2 Å². The van der Waals surface area contributed by atoms with Crippen LogP contribution in [0.5, 0.6) is 0 Å². The number of aliphatic carboxylic acids is 2. The van der Waals surface area contributed by atoms with Gasteiger partial charge in [-0.3, -0.25) is 4.98 Å². The van der Waals surface area contributed by atoms with Crippen LogP contribution in [0.3, 0.4) is 0 Å². The molecule has 1 aromatic carbocycles. The lowest BCUT2D eigenvalue weighted by molar-refractivity contribution is -0.159. The molecular formula is C19H19N3O6S. The Hall–Kier alpha value is -3.50. The van der Waals surface area contributed by atoms with E-state index in [4.69, 9.17) is 19.8 Å². The van der Waals surface area contributed by atoms with Crippen molar-refractivity contribution in [2.75, 3.05) is 7.05 Å². The molecule has 0 aliphatic rings. The maximum atomic E-state index is 13.0. The van der Waals surface area contributed by atoms with Crippen LogP contribution in [0.4, 0.5) is 0 Å². The van der Waals surface area contributed by atoms with E-state index in [1.54, 1.807) is 54.9 Å². The quantitative estimate of drug-likeness (QED) is 0.533. The second kappa shape index (κ2) is 9.62. The third kappa shape index (κ3) is 5.50. The van der Waals surface area contributed by atoms with Gasteiger partial charge in [0, 0.05) is 18.9 Å². The number of hydrogen-bond donors (Lipinski definition) is 3. The summed E-state index contributed by atoms with van der Waals surface area (Å²) in [4.78, 5) is 22.7. The van der Waals surface area contributed by atoms with Gasteiger partial charge in [0.05, 0.1) is 16.3 Å². The molecule has 0 fully saturated rings. The summed E-state index contributed by atoms with van der Waals surface area (Å²) in [5.74, 6) is -3.65. The number of carboxylic acids is 2. The van der Waals surface area contributed by atoms with Crippen LogP contribution < -0.4 is 5.32 Å². The van der Waals surface area contributed by atoms with Crippen LogP contribution in [0, 0.1) is 0 Å². The fraction of sp³-hybridized carbons (Fsp3) is 0.105. The molecule has 0 saturated heterocycles. The molecule has 0 bridgehead atoms. The normalized spacial score (nSPS) is 10.7. The van der Waals surface area contributed by atoms with Gasteiger partial charge in [-0.05, 0) is 42.9 Å². The molecule has 152 valence electrons. The third-order valence-electron chi connectivity index (χ3n) is 3.63. The van der Waals surface area contributed by atoms with Crippen molar-refractivity contribution in [3.05, 3.63) is 72.6 Å². The minimum absolute atomic E-state index is 0.254. The molecule has 0 amide bonds. The van der Waals surface area contributed by atoms with Crippen molar-refractivity contribution in [3.8, 4) is 11.4 Å². The summed E-state index contributed by atoms with van der Waals surface area (Å²) in [5.41, 5.74) is 2.06. The van der Waals surface area contributed by atoms with E-state index in [9.17, 15) is 8.42 Å². The Labute approximate surface area is 167 Å². The van der Waals surface area contributed by atoms with E-state index < -0.39 is 22.0 Å². The molecule has 3 N–H and O–H groups in total.